The maximum Gasteiger partial charge on any atom is 0.132 e. The number of nitrogens with zero attached hydrogens (tertiary/aromatic N) is 4. The van der Waals surface area contributed by atoms with Crippen molar-refractivity contribution in [2.45, 2.75) is 0 Å². The third-order valence-corrected chi connectivity index (χ3v) is 3.62. The fourth-order valence-corrected chi connectivity index (χ4v) is 2.40. The second-order valence-electron chi connectivity index (χ2n) is 5.11. The molecule has 2 aromatic rings. The van der Waals surface area contributed by atoms with E-state index in [-0.39, 0.29) is 0 Å². The Hall–Kier alpha value is -2.25. The average Bonchev–Trinajstić information content (AvgIpc) is 2.57. The molecule has 7 heteroatoms. The molecule has 116 valence electrons. The lowest BCUT2D eigenvalue weighted by atomic mass is 10.2. The van der Waals surface area contributed by atoms with Crippen molar-refractivity contribution in [3.05, 3.63) is 30.7 Å². The van der Waals surface area contributed by atoms with Gasteiger partial charge in [0.25, 0.3) is 0 Å². The van der Waals surface area contributed by atoms with Crippen LogP contribution in [-0.2, 0) is 4.74 Å². The van der Waals surface area contributed by atoms with Gasteiger partial charge in [0.05, 0.1) is 18.9 Å². The molecule has 0 spiro atoms. The van der Waals surface area contributed by atoms with Crippen LogP contribution in [0.2, 0.25) is 0 Å². The van der Waals surface area contributed by atoms with Crippen LogP contribution in [0.4, 0.5) is 11.6 Å². The number of aromatic nitrogens is 3. The van der Waals surface area contributed by atoms with Crippen molar-refractivity contribution < 1.29 is 4.74 Å². The van der Waals surface area contributed by atoms with Crippen LogP contribution in [0.5, 0.6) is 0 Å². The fourth-order valence-electron chi connectivity index (χ4n) is 2.40. The van der Waals surface area contributed by atoms with Crippen molar-refractivity contribution in [2.24, 2.45) is 0 Å². The van der Waals surface area contributed by atoms with Gasteiger partial charge in [0.15, 0.2) is 0 Å². The predicted octanol–water partition coefficient (Wildman–Crippen LogP) is 0.865. The number of anilines is 2. The molecule has 2 aromatic heterocycles. The van der Waals surface area contributed by atoms with Crippen molar-refractivity contribution in [1.82, 2.24) is 19.9 Å². The number of ether oxygens (including phenoxy) is 1. The highest BCUT2D eigenvalue weighted by Gasteiger charge is 2.10. The Balaban J connectivity index is 1.60. The van der Waals surface area contributed by atoms with E-state index in [9.17, 15) is 0 Å². The van der Waals surface area contributed by atoms with Gasteiger partial charge in [0.2, 0.25) is 0 Å². The Bertz CT molecular complexity index is 614. The number of hydrogen-bond donors (Lipinski definition) is 2. The Kier molecular flexibility index (Phi) is 4.77. The number of hydrogen-bond acceptors (Lipinski definition) is 7. The van der Waals surface area contributed by atoms with E-state index in [2.05, 4.69) is 25.2 Å². The minimum absolute atomic E-state index is 0.473. The number of pyridine rings is 1. The van der Waals surface area contributed by atoms with Gasteiger partial charge in [-0.15, -0.1) is 0 Å². The molecule has 1 fully saturated rings. The first-order valence-corrected chi connectivity index (χ1v) is 7.40. The standard InChI is InChI=1S/C15H20N6O/c16-15-12(2-1-3-18-15)13-10-14(20-11-19-13)17-4-5-21-6-8-22-9-7-21/h1-3,10-11H,4-9H2,(H2,16,18)(H,17,19,20). The quantitative estimate of drug-likeness (QED) is 0.846. The van der Waals surface area contributed by atoms with Crippen LogP contribution in [0, 0.1) is 0 Å². The molecule has 7 nitrogen and oxygen atoms in total. The maximum absolute atomic E-state index is 5.89. The Morgan fingerprint density at radius 2 is 2.09 bits per heavy atom. The Morgan fingerprint density at radius 1 is 1.23 bits per heavy atom. The minimum Gasteiger partial charge on any atom is -0.383 e. The van der Waals surface area contributed by atoms with Gasteiger partial charge >= 0.3 is 0 Å². The van der Waals surface area contributed by atoms with E-state index in [1.165, 1.54) is 0 Å². The minimum atomic E-state index is 0.473. The molecule has 0 saturated carbocycles. The number of nitrogens with one attached hydrogen (secondary N) is 1. The van der Waals surface area contributed by atoms with Crippen LogP contribution >= 0.6 is 0 Å². The van der Waals surface area contributed by atoms with Crippen molar-refractivity contribution in [3.8, 4) is 11.3 Å². The molecule has 22 heavy (non-hydrogen) atoms. The number of rotatable bonds is 5. The largest absolute Gasteiger partial charge is 0.383 e. The van der Waals surface area contributed by atoms with Crippen molar-refractivity contribution in [1.29, 1.82) is 0 Å². The van der Waals surface area contributed by atoms with Crippen LogP contribution in [0.1, 0.15) is 0 Å². The molecule has 0 aromatic carbocycles. The van der Waals surface area contributed by atoms with E-state index < -0.39 is 0 Å². The first-order chi connectivity index (χ1) is 10.8. The third kappa shape index (κ3) is 3.69. The predicted molar refractivity (Wildman–Crippen MR) is 85.4 cm³/mol. The SMILES string of the molecule is Nc1ncccc1-c1cc(NCCN2CCOCC2)ncn1. The number of morpholine rings is 1. The summed E-state index contributed by atoms with van der Waals surface area (Å²) in [6.07, 6.45) is 3.21. The molecule has 0 bridgehead atoms. The summed E-state index contributed by atoms with van der Waals surface area (Å²) >= 11 is 0. The highest BCUT2D eigenvalue weighted by atomic mass is 16.5. The number of nitrogens with two attached hydrogens (primary N) is 1. The summed E-state index contributed by atoms with van der Waals surface area (Å²) in [5.41, 5.74) is 7.48. The maximum atomic E-state index is 5.89. The summed E-state index contributed by atoms with van der Waals surface area (Å²) in [6.45, 7) is 5.42. The van der Waals surface area contributed by atoms with E-state index >= 15 is 0 Å². The van der Waals surface area contributed by atoms with Gasteiger partial charge in [-0.2, -0.15) is 0 Å². The van der Waals surface area contributed by atoms with Crippen LogP contribution in [0.25, 0.3) is 11.3 Å². The lowest BCUT2D eigenvalue weighted by Gasteiger charge is -2.26. The first kappa shape index (κ1) is 14.7. The monoisotopic (exact) mass is 300 g/mol. The van der Waals surface area contributed by atoms with Crippen LogP contribution in [-0.4, -0.2) is 59.2 Å². The van der Waals surface area contributed by atoms with Gasteiger partial charge in [-0.25, -0.2) is 15.0 Å². The summed E-state index contributed by atoms with van der Waals surface area (Å²) in [4.78, 5) is 15.0. The van der Waals surface area contributed by atoms with Crippen molar-refractivity contribution >= 4 is 11.6 Å². The lowest BCUT2D eigenvalue weighted by Crippen LogP contribution is -2.39. The second kappa shape index (κ2) is 7.15. The molecule has 3 N–H and O–H groups in total. The van der Waals surface area contributed by atoms with E-state index in [0.29, 0.717) is 5.82 Å². The van der Waals surface area contributed by atoms with Crippen molar-refractivity contribution in [3.63, 3.8) is 0 Å². The average molecular weight is 300 g/mol. The first-order valence-electron chi connectivity index (χ1n) is 7.40. The molecule has 0 unspecified atom stereocenters. The fraction of sp³-hybridized carbons (Fsp3) is 0.400. The summed E-state index contributed by atoms with van der Waals surface area (Å²) in [5, 5.41) is 3.33. The second-order valence-corrected chi connectivity index (χ2v) is 5.11. The molecule has 3 heterocycles. The van der Waals surface area contributed by atoms with E-state index in [0.717, 1.165) is 56.5 Å². The normalized spacial score (nSPS) is 15.6. The van der Waals surface area contributed by atoms with E-state index in [1.54, 1.807) is 12.5 Å². The lowest BCUT2D eigenvalue weighted by molar-refractivity contribution is 0.0398. The van der Waals surface area contributed by atoms with E-state index in [4.69, 9.17) is 10.5 Å². The highest BCUT2D eigenvalue weighted by Crippen LogP contribution is 2.22. The summed E-state index contributed by atoms with van der Waals surface area (Å²) < 4.78 is 5.34. The van der Waals surface area contributed by atoms with Gasteiger partial charge in [0, 0.05) is 44.0 Å². The van der Waals surface area contributed by atoms with Gasteiger partial charge < -0.3 is 15.8 Å². The van der Waals surface area contributed by atoms with E-state index in [1.807, 2.05) is 18.2 Å². The summed E-state index contributed by atoms with van der Waals surface area (Å²) in [5.74, 6) is 1.27. The highest BCUT2D eigenvalue weighted by molar-refractivity contribution is 5.71. The van der Waals surface area contributed by atoms with Crippen molar-refractivity contribution in [2.75, 3.05) is 50.4 Å². The summed E-state index contributed by atoms with van der Waals surface area (Å²) in [6, 6.07) is 5.65. The number of nitrogen functional groups attached to an aromatic ring is 1. The zero-order valence-electron chi connectivity index (χ0n) is 12.4. The summed E-state index contributed by atoms with van der Waals surface area (Å²) in [7, 11) is 0. The molecule has 1 saturated heterocycles. The molecule has 0 aliphatic carbocycles. The topological polar surface area (TPSA) is 89.2 Å². The molecule has 0 amide bonds. The Labute approximate surface area is 129 Å². The Morgan fingerprint density at radius 3 is 2.91 bits per heavy atom. The third-order valence-electron chi connectivity index (χ3n) is 3.62. The zero-order chi connectivity index (χ0) is 15.2. The molecule has 0 radical (unpaired) electrons. The van der Waals surface area contributed by atoms with Gasteiger partial charge in [-0.05, 0) is 12.1 Å². The molecule has 3 rings (SSSR count). The molecule has 1 aliphatic heterocycles. The molecule has 1 aliphatic rings. The smallest absolute Gasteiger partial charge is 0.132 e. The molecular formula is C15H20N6O. The van der Waals surface area contributed by atoms with Crippen LogP contribution in [0.15, 0.2) is 30.7 Å². The molecule has 0 atom stereocenters. The molecular weight excluding hydrogens is 280 g/mol. The van der Waals surface area contributed by atoms with Gasteiger partial charge in [-0.1, -0.05) is 0 Å². The van der Waals surface area contributed by atoms with Gasteiger partial charge in [0.1, 0.15) is 18.0 Å². The van der Waals surface area contributed by atoms with Crippen LogP contribution < -0.4 is 11.1 Å². The zero-order valence-corrected chi connectivity index (χ0v) is 12.4. The van der Waals surface area contributed by atoms with Gasteiger partial charge in [-0.3, -0.25) is 4.90 Å². The van der Waals surface area contributed by atoms with Crippen LogP contribution in [0.3, 0.4) is 0 Å².